The van der Waals surface area contributed by atoms with Crippen molar-refractivity contribution in [2.45, 2.75) is 0 Å². The molecular weight excluding hydrogens is 179 g/mol. The molecule has 1 aromatic rings. The summed E-state index contributed by atoms with van der Waals surface area (Å²) in [5.41, 5.74) is 10.1. The van der Waals surface area contributed by atoms with E-state index in [2.05, 4.69) is 14.9 Å². The molecule has 8 nitrogen and oxygen atoms in total. The molecule has 0 aromatic carbocycles. The van der Waals surface area contributed by atoms with Gasteiger partial charge in [-0.3, -0.25) is 0 Å². The van der Waals surface area contributed by atoms with Crippen LogP contribution in [0.1, 0.15) is 0 Å². The first-order valence-electron chi connectivity index (χ1n) is 2.27. The quantitative estimate of drug-likeness (QED) is 0.339. The zero-order valence-corrected chi connectivity index (χ0v) is 8.22. The average Bonchev–Trinajstić information content (AvgIpc) is 2.15. The predicted octanol–water partition coefficient (Wildman–Crippen LogP) is -4.87. The number of carboxylic acid groups (broad SMARTS) is 2. The summed E-state index contributed by atoms with van der Waals surface area (Å²) < 4.78 is 4.09. The summed E-state index contributed by atoms with van der Waals surface area (Å²) in [6.45, 7) is 0. The summed E-state index contributed by atoms with van der Waals surface area (Å²) in [5, 5.41) is 21.7. The molecule has 62 valence electrons. The Labute approximate surface area is 88.8 Å². The second-order valence-corrected chi connectivity index (χ2v) is 1.30. The van der Waals surface area contributed by atoms with Gasteiger partial charge in [0.25, 0.3) is 0 Å². The average molecular weight is 184 g/mol. The molecule has 0 aliphatic heterocycles. The van der Waals surface area contributed by atoms with Crippen LogP contribution in [0.15, 0.2) is 4.63 Å². The van der Waals surface area contributed by atoms with Crippen molar-refractivity contribution in [2.24, 2.45) is 0 Å². The van der Waals surface area contributed by atoms with Crippen molar-refractivity contribution in [3.63, 3.8) is 0 Å². The summed E-state index contributed by atoms with van der Waals surface area (Å²) in [6.07, 6.45) is -2.08. The third-order valence-electron chi connectivity index (χ3n) is 0.541. The Balaban J connectivity index is 0. The molecule has 0 bridgehead atoms. The maximum atomic E-state index is 8.44. The molecule has 0 saturated carbocycles. The molecule has 0 atom stereocenters. The molecule has 0 spiro atoms. The van der Waals surface area contributed by atoms with Crippen LogP contribution in [0.3, 0.4) is 0 Å². The van der Waals surface area contributed by atoms with Crippen LogP contribution in [0, 0.1) is 0 Å². The van der Waals surface area contributed by atoms with Gasteiger partial charge in [0, 0.05) is 0 Å². The molecule has 0 aliphatic rings. The third-order valence-corrected chi connectivity index (χ3v) is 0.541. The first-order chi connectivity index (χ1) is 5.04. The van der Waals surface area contributed by atoms with Gasteiger partial charge in [0.2, 0.25) is 17.8 Å². The topological polar surface area (TPSA) is 151 Å². The van der Waals surface area contributed by atoms with Crippen LogP contribution < -0.4 is 46.1 Å². The zero-order valence-electron chi connectivity index (χ0n) is 6.22. The smallest absolute Gasteiger partial charge is 0.565 e. The fourth-order valence-corrected chi connectivity index (χ4v) is 0.202. The Morgan fingerprint density at radius 1 is 1.42 bits per heavy atom. The molecule has 0 radical (unpaired) electrons. The molecule has 5 N–H and O–H groups in total. The second kappa shape index (κ2) is 6.70. The Morgan fingerprint density at radius 2 is 1.67 bits per heavy atom. The van der Waals surface area contributed by atoms with E-state index in [1.807, 2.05) is 0 Å². The van der Waals surface area contributed by atoms with Crippen molar-refractivity contribution in [1.82, 2.24) is 10.3 Å². The van der Waals surface area contributed by atoms with Crippen molar-refractivity contribution in [3.8, 4) is 0 Å². The van der Waals surface area contributed by atoms with Crippen LogP contribution in [0.5, 0.6) is 0 Å². The summed E-state index contributed by atoms with van der Waals surface area (Å²) in [5.74, 6) is 0.278. The first-order valence-corrected chi connectivity index (χ1v) is 2.27. The monoisotopic (exact) mass is 184 g/mol. The van der Waals surface area contributed by atoms with E-state index >= 15 is 0 Å². The number of anilines is 2. The minimum absolute atomic E-state index is 0. The van der Waals surface area contributed by atoms with Gasteiger partial charge in [-0.05, 0) is 10.3 Å². The Morgan fingerprint density at radius 3 is 1.75 bits per heavy atom. The fourth-order valence-electron chi connectivity index (χ4n) is 0.202. The van der Waals surface area contributed by atoms with E-state index in [1.165, 1.54) is 0 Å². The van der Waals surface area contributed by atoms with Crippen LogP contribution in [0.4, 0.5) is 16.4 Å². The molecule has 9 heteroatoms. The zero-order chi connectivity index (χ0) is 8.85. The SMILES string of the molecule is Nc1nonc1N.O=C([O-])O.[Na+]. The minimum Gasteiger partial charge on any atom is -0.565 e. The summed E-state index contributed by atoms with van der Waals surface area (Å²) in [4.78, 5) is 8.44. The van der Waals surface area contributed by atoms with E-state index in [1.54, 1.807) is 0 Å². The van der Waals surface area contributed by atoms with Gasteiger partial charge in [0.1, 0.15) is 0 Å². The van der Waals surface area contributed by atoms with E-state index in [4.69, 9.17) is 26.5 Å². The fraction of sp³-hybridized carbons (Fsp3) is 0. The second-order valence-electron chi connectivity index (χ2n) is 1.30. The van der Waals surface area contributed by atoms with Gasteiger partial charge < -0.3 is 26.5 Å². The normalized spacial score (nSPS) is 7.33. The number of hydrogen-bond acceptors (Lipinski definition) is 7. The van der Waals surface area contributed by atoms with Crippen molar-refractivity contribution in [2.75, 3.05) is 11.5 Å². The number of carbonyl (C=O) groups is 1. The van der Waals surface area contributed by atoms with Gasteiger partial charge in [-0.1, -0.05) is 0 Å². The molecule has 1 heterocycles. The van der Waals surface area contributed by atoms with E-state index in [-0.39, 0.29) is 41.2 Å². The molecular formula is C3H5N4NaO4. The van der Waals surface area contributed by atoms with Gasteiger partial charge in [0.05, 0.1) is 0 Å². The summed E-state index contributed by atoms with van der Waals surface area (Å²) >= 11 is 0. The molecule has 0 unspecified atom stereocenters. The molecule has 0 saturated heterocycles. The number of nitrogen functional groups attached to an aromatic ring is 2. The van der Waals surface area contributed by atoms with Crippen LogP contribution in [-0.2, 0) is 0 Å². The van der Waals surface area contributed by atoms with Crippen molar-refractivity contribution in [3.05, 3.63) is 0 Å². The van der Waals surface area contributed by atoms with Gasteiger partial charge in [-0.15, -0.1) is 0 Å². The maximum absolute atomic E-state index is 8.44. The van der Waals surface area contributed by atoms with Gasteiger partial charge in [0.15, 0.2) is 0 Å². The Kier molecular flexibility index (Phi) is 7.59. The Hall–Kier alpha value is -0.990. The van der Waals surface area contributed by atoms with Crippen molar-refractivity contribution < 1.29 is 49.2 Å². The van der Waals surface area contributed by atoms with Gasteiger partial charge in [-0.2, -0.15) is 0 Å². The van der Waals surface area contributed by atoms with Gasteiger partial charge >= 0.3 is 29.6 Å². The summed E-state index contributed by atoms with van der Waals surface area (Å²) in [6, 6.07) is 0. The van der Waals surface area contributed by atoms with Gasteiger partial charge in [-0.25, -0.2) is 4.63 Å². The third kappa shape index (κ3) is 7.12. The number of hydrogen-bond donors (Lipinski definition) is 3. The molecule has 0 aliphatic carbocycles. The van der Waals surface area contributed by atoms with Crippen LogP contribution >= 0.6 is 0 Å². The van der Waals surface area contributed by atoms with Crippen molar-refractivity contribution in [1.29, 1.82) is 0 Å². The first kappa shape index (κ1) is 13.6. The Bertz CT molecular complexity index is 217. The molecule has 1 aromatic heterocycles. The number of nitrogens with two attached hydrogens (primary N) is 2. The number of aromatic nitrogens is 2. The van der Waals surface area contributed by atoms with Crippen LogP contribution in [0.25, 0.3) is 0 Å². The van der Waals surface area contributed by atoms with Crippen LogP contribution in [0.2, 0.25) is 0 Å². The molecule has 1 rings (SSSR count). The maximum Gasteiger partial charge on any atom is 1.00 e. The molecule has 0 fully saturated rings. The van der Waals surface area contributed by atoms with Crippen molar-refractivity contribution >= 4 is 17.8 Å². The van der Waals surface area contributed by atoms with E-state index in [0.717, 1.165) is 0 Å². The predicted molar refractivity (Wildman–Crippen MR) is 31.1 cm³/mol. The molecule has 0 amide bonds. The standard InChI is InChI=1S/C2H4N4O.CH2O3.Na/c3-1-2(4)6-7-5-1;2-1(3)4;/h(H2,3,5)(H2,4,6);(H2,2,3,4);/q;;+1/p-1. The van der Waals surface area contributed by atoms with Crippen LogP contribution in [-0.4, -0.2) is 21.6 Å². The minimum atomic E-state index is -2.08. The van der Waals surface area contributed by atoms with E-state index in [0.29, 0.717) is 0 Å². The number of nitrogens with zero attached hydrogens (tertiary/aromatic N) is 2. The molecule has 12 heavy (non-hydrogen) atoms. The summed E-state index contributed by atoms with van der Waals surface area (Å²) in [7, 11) is 0. The van der Waals surface area contributed by atoms with E-state index in [9.17, 15) is 0 Å². The number of rotatable bonds is 0. The largest absolute Gasteiger partial charge is 1.00 e. The van der Waals surface area contributed by atoms with E-state index < -0.39 is 6.16 Å².